The number of piperazine rings is 1. The fraction of sp³-hybridized carbons (Fsp3) is 0.867. The van der Waals surface area contributed by atoms with Gasteiger partial charge in [-0.25, -0.2) is 0 Å². The fourth-order valence-corrected chi connectivity index (χ4v) is 4.12. The third-order valence-electron chi connectivity index (χ3n) is 5.44. The summed E-state index contributed by atoms with van der Waals surface area (Å²) in [6.07, 6.45) is 10.4. The van der Waals surface area contributed by atoms with Crippen LogP contribution in [0.5, 0.6) is 0 Å². The lowest BCUT2D eigenvalue weighted by Gasteiger charge is -2.52. The largest absolute Gasteiger partial charge is 0.308 e. The molecule has 1 atom stereocenters. The number of rotatable bonds is 3. The van der Waals surface area contributed by atoms with E-state index in [1.807, 2.05) is 0 Å². The van der Waals surface area contributed by atoms with Crippen LogP contribution >= 0.6 is 11.6 Å². The molecule has 0 aromatic rings. The molecule has 18 heavy (non-hydrogen) atoms. The minimum Gasteiger partial charge on any atom is -0.308 e. The van der Waals surface area contributed by atoms with E-state index in [1.54, 1.807) is 5.54 Å². The van der Waals surface area contributed by atoms with Gasteiger partial charge in [-0.05, 0) is 38.5 Å². The van der Waals surface area contributed by atoms with Gasteiger partial charge in [-0.2, -0.15) is 0 Å². The highest BCUT2D eigenvalue weighted by molar-refractivity contribution is 6.25. The Morgan fingerprint density at radius 2 is 2.06 bits per heavy atom. The monoisotopic (exact) mass is 268 g/mol. The second-order valence-electron chi connectivity index (χ2n) is 6.72. The van der Waals surface area contributed by atoms with Crippen LogP contribution in [0.25, 0.3) is 0 Å². The van der Waals surface area contributed by atoms with Gasteiger partial charge >= 0.3 is 0 Å². The molecular weight excluding hydrogens is 244 g/mol. The molecule has 3 fully saturated rings. The molecule has 1 heterocycles. The number of nitrogens with zero attached hydrogens (tertiary/aromatic N) is 1. The lowest BCUT2D eigenvalue weighted by atomic mass is 9.83. The molecule has 3 rings (SSSR count). The Balaban J connectivity index is 1.76. The fourth-order valence-electron chi connectivity index (χ4n) is 4.04. The zero-order chi connectivity index (χ0) is 12.6. The maximum Gasteiger partial charge on any atom is 0.0338 e. The van der Waals surface area contributed by atoms with Crippen molar-refractivity contribution in [3.63, 3.8) is 0 Å². The summed E-state index contributed by atoms with van der Waals surface area (Å²) in [7, 11) is 0. The summed E-state index contributed by atoms with van der Waals surface area (Å²) in [5, 5.41) is 3.90. The molecule has 0 radical (unpaired) electrons. The lowest BCUT2D eigenvalue weighted by Crippen LogP contribution is -2.69. The van der Waals surface area contributed by atoms with Crippen LogP contribution in [-0.2, 0) is 0 Å². The number of halogens is 1. The Hall–Kier alpha value is -0.0500. The Morgan fingerprint density at radius 3 is 2.67 bits per heavy atom. The Labute approximate surface area is 116 Å². The van der Waals surface area contributed by atoms with E-state index in [0.29, 0.717) is 11.1 Å². The van der Waals surface area contributed by atoms with Crippen LogP contribution < -0.4 is 5.32 Å². The van der Waals surface area contributed by atoms with E-state index in [9.17, 15) is 0 Å². The number of hydrogen-bond acceptors (Lipinski definition) is 2. The zero-order valence-corrected chi connectivity index (χ0v) is 12.2. The molecule has 1 unspecified atom stereocenters. The summed E-state index contributed by atoms with van der Waals surface area (Å²) in [6.45, 7) is 5.81. The van der Waals surface area contributed by atoms with Crippen LogP contribution in [0.3, 0.4) is 0 Å². The number of nitrogens with one attached hydrogen (secondary N) is 1. The average molecular weight is 269 g/mol. The van der Waals surface area contributed by atoms with Crippen LogP contribution in [-0.4, -0.2) is 35.6 Å². The van der Waals surface area contributed by atoms with E-state index in [-0.39, 0.29) is 0 Å². The van der Waals surface area contributed by atoms with E-state index in [4.69, 9.17) is 11.6 Å². The highest BCUT2D eigenvalue weighted by Gasteiger charge is 2.51. The third kappa shape index (κ3) is 2.23. The van der Waals surface area contributed by atoms with Crippen molar-refractivity contribution in [1.29, 1.82) is 0 Å². The van der Waals surface area contributed by atoms with Gasteiger partial charge in [-0.3, -0.25) is 4.90 Å². The molecule has 3 aliphatic rings. The lowest BCUT2D eigenvalue weighted by molar-refractivity contribution is 0.0150. The van der Waals surface area contributed by atoms with Crippen molar-refractivity contribution in [2.24, 2.45) is 5.92 Å². The van der Waals surface area contributed by atoms with Crippen molar-refractivity contribution in [3.8, 4) is 0 Å². The van der Waals surface area contributed by atoms with Gasteiger partial charge in [0.2, 0.25) is 0 Å². The first-order chi connectivity index (χ1) is 8.69. The molecule has 2 nitrogen and oxygen atoms in total. The molecule has 1 N–H and O–H groups in total. The van der Waals surface area contributed by atoms with Gasteiger partial charge in [-0.1, -0.05) is 30.5 Å². The third-order valence-corrected chi connectivity index (χ3v) is 5.62. The van der Waals surface area contributed by atoms with E-state index in [1.165, 1.54) is 51.6 Å². The predicted molar refractivity (Wildman–Crippen MR) is 76.9 cm³/mol. The van der Waals surface area contributed by atoms with Crippen molar-refractivity contribution in [1.82, 2.24) is 10.2 Å². The molecule has 0 aromatic heterocycles. The highest BCUT2D eigenvalue weighted by Crippen LogP contribution is 2.45. The molecule has 3 heteroatoms. The van der Waals surface area contributed by atoms with Gasteiger partial charge in [0.1, 0.15) is 0 Å². The Morgan fingerprint density at radius 1 is 1.33 bits per heavy atom. The van der Waals surface area contributed by atoms with Gasteiger partial charge in [0.05, 0.1) is 0 Å². The topological polar surface area (TPSA) is 15.3 Å². The smallest absolute Gasteiger partial charge is 0.0338 e. The van der Waals surface area contributed by atoms with E-state index in [2.05, 4.69) is 23.2 Å². The molecule has 1 saturated heterocycles. The van der Waals surface area contributed by atoms with Crippen molar-refractivity contribution in [3.05, 3.63) is 11.6 Å². The quantitative estimate of drug-likeness (QED) is 0.846. The molecule has 2 aliphatic carbocycles. The van der Waals surface area contributed by atoms with Crippen molar-refractivity contribution >= 4 is 11.6 Å². The summed E-state index contributed by atoms with van der Waals surface area (Å²) < 4.78 is 0. The molecular formula is C15H25ClN2. The Bertz CT molecular complexity index is 331. The minimum atomic E-state index is 0.341. The van der Waals surface area contributed by atoms with Gasteiger partial charge in [0, 0.05) is 36.2 Å². The van der Waals surface area contributed by atoms with Crippen molar-refractivity contribution < 1.29 is 0 Å². The molecule has 1 aliphatic heterocycles. The first kappa shape index (κ1) is 13.0. The standard InChI is InChI=1S/C15H25ClN2/c1-14(13-5-6-13)12-18(10-4-9-16)15(11-17-14)7-2-3-8-15/h4,9,13,17H,2-3,5-8,10-12H2,1H3/b9-4+. The summed E-state index contributed by atoms with van der Waals surface area (Å²) >= 11 is 5.74. The Kier molecular flexibility index (Phi) is 3.46. The van der Waals surface area contributed by atoms with Gasteiger partial charge in [0.15, 0.2) is 0 Å². The first-order valence-corrected chi connectivity index (χ1v) is 7.88. The van der Waals surface area contributed by atoms with Gasteiger partial charge < -0.3 is 5.32 Å². The predicted octanol–water partition coefficient (Wildman–Crippen LogP) is 3.13. The molecule has 2 saturated carbocycles. The SMILES string of the molecule is CC1(C2CC2)CN(C/C=C/Cl)C2(CCCC2)CN1. The van der Waals surface area contributed by atoms with Crippen molar-refractivity contribution in [2.45, 2.75) is 56.5 Å². The van der Waals surface area contributed by atoms with Crippen LogP contribution in [0.1, 0.15) is 45.4 Å². The maximum absolute atomic E-state index is 5.74. The molecule has 0 bridgehead atoms. The van der Waals surface area contributed by atoms with Crippen LogP contribution in [0.15, 0.2) is 11.6 Å². The first-order valence-electron chi connectivity index (χ1n) is 7.44. The summed E-state index contributed by atoms with van der Waals surface area (Å²) in [5.74, 6) is 0.902. The van der Waals surface area contributed by atoms with Crippen LogP contribution in [0.4, 0.5) is 0 Å². The maximum atomic E-state index is 5.74. The second kappa shape index (κ2) is 4.81. The summed E-state index contributed by atoms with van der Waals surface area (Å²) in [4.78, 5) is 2.72. The molecule has 0 aromatic carbocycles. The normalized spacial score (nSPS) is 36.8. The second-order valence-corrected chi connectivity index (χ2v) is 6.97. The van der Waals surface area contributed by atoms with Gasteiger partial charge in [0.25, 0.3) is 0 Å². The summed E-state index contributed by atoms with van der Waals surface area (Å²) in [5.41, 5.74) is 2.44. The van der Waals surface area contributed by atoms with E-state index in [0.717, 1.165) is 12.5 Å². The number of hydrogen-bond donors (Lipinski definition) is 1. The highest BCUT2D eigenvalue weighted by atomic mass is 35.5. The van der Waals surface area contributed by atoms with Crippen LogP contribution in [0, 0.1) is 5.92 Å². The molecule has 1 spiro atoms. The van der Waals surface area contributed by atoms with E-state index < -0.39 is 0 Å². The van der Waals surface area contributed by atoms with Crippen LogP contribution in [0.2, 0.25) is 0 Å². The van der Waals surface area contributed by atoms with E-state index >= 15 is 0 Å². The summed E-state index contributed by atoms with van der Waals surface area (Å²) in [6, 6.07) is 0. The van der Waals surface area contributed by atoms with Crippen molar-refractivity contribution in [2.75, 3.05) is 19.6 Å². The minimum absolute atomic E-state index is 0.341. The average Bonchev–Trinajstić information content (AvgIpc) is 3.13. The molecule has 0 amide bonds. The van der Waals surface area contributed by atoms with Gasteiger partial charge in [-0.15, -0.1) is 0 Å². The molecule has 102 valence electrons. The zero-order valence-electron chi connectivity index (χ0n) is 11.4.